The van der Waals surface area contributed by atoms with Crippen molar-refractivity contribution in [3.8, 4) is 11.5 Å². The van der Waals surface area contributed by atoms with Crippen molar-refractivity contribution >= 4 is 5.91 Å². The van der Waals surface area contributed by atoms with Crippen LogP contribution in [0.25, 0.3) is 0 Å². The lowest BCUT2D eigenvalue weighted by molar-refractivity contribution is -0.128. The quantitative estimate of drug-likeness (QED) is 0.759. The monoisotopic (exact) mass is 207 g/mol. The molecule has 1 fully saturated rings. The van der Waals surface area contributed by atoms with Crippen LogP contribution < -0.4 is 14.8 Å². The van der Waals surface area contributed by atoms with Crippen LogP contribution in [0.15, 0.2) is 18.2 Å². The average molecular weight is 207 g/mol. The highest BCUT2D eigenvalue weighted by atomic mass is 16.5. The molecule has 4 nitrogen and oxygen atoms in total. The lowest BCUT2D eigenvalue weighted by atomic mass is 9.96. The van der Waals surface area contributed by atoms with Crippen LogP contribution in [0.2, 0.25) is 0 Å². The lowest BCUT2D eigenvalue weighted by Crippen LogP contribution is -2.41. The van der Waals surface area contributed by atoms with E-state index in [-0.39, 0.29) is 11.9 Å². The van der Waals surface area contributed by atoms with Crippen molar-refractivity contribution in [1.29, 1.82) is 0 Å². The van der Waals surface area contributed by atoms with E-state index in [1.807, 2.05) is 18.2 Å². The van der Waals surface area contributed by atoms with Gasteiger partial charge in [-0.25, -0.2) is 0 Å². The molecule has 0 bridgehead atoms. The number of rotatable bonds is 3. The normalized spacial score (nSPS) is 19.1. The third-order valence-electron chi connectivity index (χ3n) is 2.54. The molecule has 1 aromatic carbocycles. The summed E-state index contributed by atoms with van der Waals surface area (Å²) in [4.78, 5) is 10.8. The Hall–Kier alpha value is -1.71. The molecule has 0 spiro atoms. The summed E-state index contributed by atoms with van der Waals surface area (Å²) in [7, 11) is 3.22. The third kappa shape index (κ3) is 1.75. The molecule has 0 saturated carbocycles. The molecule has 0 aromatic heterocycles. The van der Waals surface area contributed by atoms with Crippen LogP contribution >= 0.6 is 0 Å². The maximum atomic E-state index is 10.8. The fraction of sp³-hybridized carbons (Fsp3) is 0.364. The van der Waals surface area contributed by atoms with Crippen LogP contribution in [-0.2, 0) is 4.79 Å². The molecule has 1 saturated heterocycles. The van der Waals surface area contributed by atoms with Gasteiger partial charge in [0.15, 0.2) is 0 Å². The molecular weight excluding hydrogens is 194 g/mol. The number of carbonyl (C=O) groups excluding carboxylic acids is 1. The Morgan fingerprint density at radius 1 is 1.33 bits per heavy atom. The zero-order chi connectivity index (χ0) is 10.8. The van der Waals surface area contributed by atoms with Crippen molar-refractivity contribution in [2.45, 2.75) is 12.5 Å². The molecule has 1 amide bonds. The summed E-state index contributed by atoms with van der Waals surface area (Å²) in [6.45, 7) is 0. The fourth-order valence-electron chi connectivity index (χ4n) is 1.65. The SMILES string of the molecule is COc1ccc(C2CC(=O)N2)c(OC)c1. The van der Waals surface area contributed by atoms with Gasteiger partial charge < -0.3 is 14.8 Å². The van der Waals surface area contributed by atoms with Gasteiger partial charge in [-0.2, -0.15) is 0 Å². The van der Waals surface area contributed by atoms with Crippen LogP contribution in [0.4, 0.5) is 0 Å². The Balaban J connectivity index is 2.26. The van der Waals surface area contributed by atoms with Gasteiger partial charge in [0.1, 0.15) is 11.5 Å². The molecule has 2 rings (SSSR count). The smallest absolute Gasteiger partial charge is 0.222 e. The first-order chi connectivity index (χ1) is 7.24. The predicted octanol–water partition coefficient (Wildman–Crippen LogP) is 1.26. The van der Waals surface area contributed by atoms with E-state index < -0.39 is 0 Å². The van der Waals surface area contributed by atoms with Crippen LogP contribution in [-0.4, -0.2) is 20.1 Å². The van der Waals surface area contributed by atoms with Gasteiger partial charge in [-0.05, 0) is 12.1 Å². The Kier molecular flexibility index (Phi) is 2.49. The molecule has 80 valence electrons. The number of amides is 1. The van der Waals surface area contributed by atoms with E-state index in [0.717, 1.165) is 17.1 Å². The van der Waals surface area contributed by atoms with Crippen molar-refractivity contribution < 1.29 is 14.3 Å². The molecule has 1 aromatic rings. The molecule has 1 aliphatic rings. The second kappa shape index (κ2) is 3.81. The van der Waals surface area contributed by atoms with Crippen LogP contribution in [0, 0.1) is 0 Å². The van der Waals surface area contributed by atoms with E-state index in [0.29, 0.717) is 6.42 Å². The van der Waals surface area contributed by atoms with E-state index in [1.54, 1.807) is 14.2 Å². The molecule has 15 heavy (non-hydrogen) atoms. The molecule has 1 atom stereocenters. The summed E-state index contributed by atoms with van der Waals surface area (Å²) < 4.78 is 10.3. The Labute approximate surface area is 88.2 Å². The molecular formula is C11H13NO3. The minimum atomic E-state index is 0.0814. The highest BCUT2D eigenvalue weighted by molar-refractivity contribution is 5.83. The van der Waals surface area contributed by atoms with E-state index >= 15 is 0 Å². The minimum absolute atomic E-state index is 0.0814. The van der Waals surface area contributed by atoms with Crippen LogP contribution in [0.5, 0.6) is 11.5 Å². The number of benzene rings is 1. The van der Waals surface area contributed by atoms with E-state index in [1.165, 1.54) is 0 Å². The van der Waals surface area contributed by atoms with Gasteiger partial charge in [-0.15, -0.1) is 0 Å². The van der Waals surface area contributed by atoms with Crippen molar-refractivity contribution in [3.63, 3.8) is 0 Å². The summed E-state index contributed by atoms with van der Waals surface area (Å²) in [5, 5.41) is 2.81. The summed E-state index contributed by atoms with van der Waals surface area (Å²) in [5.41, 5.74) is 0.998. The number of nitrogens with one attached hydrogen (secondary N) is 1. The van der Waals surface area contributed by atoms with Gasteiger partial charge in [0.2, 0.25) is 5.91 Å². The van der Waals surface area contributed by atoms with Gasteiger partial charge in [0, 0.05) is 11.6 Å². The number of β-lactam (4-membered cyclic amide) rings is 1. The molecule has 0 radical (unpaired) electrons. The maximum Gasteiger partial charge on any atom is 0.222 e. The Morgan fingerprint density at radius 3 is 2.60 bits per heavy atom. The fourth-order valence-corrected chi connectivity index (χ4v) is 1.65. The van der Waals surface area contributed by atoms with Gasteiger partial charge in [-0.3, -0.25) is 4.79 Å². The Morgan fingerprint density at radius 2 is 2.07 bits per heavy atom. The van der Waals surface area contributed by atoms with Crippen LogP contribution in [0.1, 0.15) is 18.0 Å². The third-order valence-corrected chi connectivity index (χ3v) is 2.54. The van der Waals surface area contributed by atoms with E-state index in [9.17, 15) is 4.79 Å². The largest absolute Gasteiger partial charge is 0.497 e. The van der Waals surface area contributed by atoms with E-state index in [4.69, 9.17) is 9.47 Å². The zero-order valence-electron chi connectivity index (χ0n) is 8.74. The summed E-state index contributed by atoms with van der Waals surface area (Å²) in [6, 6.07) is 5.68. The van der Waals surface area contributed by atoms with Gasteiger partial charge in [0.05, 0.1) is 26.7 Å². The summed E-state index contributed by atoms with van der Waals surface area (Å²) >= 11 is 0. The molecule has 4 heteroatoms. The number of carbonyl (C=O) groups is 1. The molecule has 1 unspecified atom stereocenters. The van der Waals surface area contributed by atoms with Gasteiger partial charge in [0.25, 0.3) is 0 Å². The standard InChI is InChI=1S/C11H13NO3/c1-14-7-3-4-8(10(5-7)15-2)9-6-11(13)12-9/h3-5,9H,6H2,1-2H3,(H,12,13). The first kappa shape index (κ1) is 9.83. The predicted molar refractivity (Wildman–Crippen MR) is 55.0 cm³/mol. The summed E-state index contributed by atoms with van der Waals surface area (Å²) in [6.07, 6.45) is 0.530. The highest BCUT2D eigenvalue weighted by Crippen LogP contribution is 2.33. The first-order valence-corrected chi connectivity index (χ1v) is 4.76. The number of ether oxygens (including phenoxy) is 2. The van der Waals surface area contributed by atoms with Crippen molar-refractivity contribution in [3.05, 3.63) is 23.8 Å². The Bertz CT molecular complexity index is 381. The van der Waals surface area contributed by atoms with Gasteiger partial charge in [-0.1, -0.05) is 0 Å². The molecule has 1 N–H and O–H groups in total. The lowest BCUT2D eigenvalue weighted by Gasteiger charge is -2.28. The zero-order valence-corrected chi connectivity index (χ0v) is 8.74. The number of methoxy groups -OCH3 is 2. The second-order valence-electron chi connectivity index (χ2n) is 3.43. The van der Waals surface area contributed by atoms with Crippen molar-refractivity contribution in [2.24, 2.45) is 0 Å². The summed E-state index contributed by atoms with van der Waals surface area (Å²) in [5.74, 6) is 1.58. The number of hydrogen-bond donors (Lipinski definition) is 1. The van der Waals surface area contributed by atoms with E-state index in [2.05, 4.69) is 5.32 Å². The van der Waals surface area contributed by atoms with Crippen molar-refractivity contribution in [1.82, 2.24) is 5.32 Å². The highest BCUT2D eigenvalue weighted by Gasteiger charge is 2.29. The van der Waals surface area contributed by atoms with Crippen LogP contribution in [0.3, 0.4) is 0 Å². The number of hydrogen-bond acceptors (Lipinski definition) is 3. The van der Waals surface area contributed by atoms with Gasteiger partial charge >= 0.3 is 0 Å². The average Bonchev–Trinajstić information content (AvgIpc) is 2.24. The maximum absolute atomic E-state index is 10.8. The minimum Gasteiger partial charge on any atom is -0.497 e. The van der Waals surface area contributed by atoms with Crippen molar-refractivity contribution in [2.75, 3.05) is 14.2 Å². The molecule has 1 heterocycles. The molecule has 1 aliphatic heterocycles. The molecule has 0 aliphatic carbocycles. The first-order valence-electron chi connectivity index (χ1n) is 4.76. The topological polar surface area (TPSA) is 47.6 Å². The second-order valence-corrected chi connectivity index (χ2v) is 3.43.